The monoisotopic (exact) mass is 172 g/mol. The number of nitrogens with one attached hydrogen (secondary N) is 1. The second-order valence-corrected chi connectivity index (χ2v) is 3.01. The summed E-state index contributed by atoms with van der Waals surface area (Å²) in [6.45, 7) is 5.47. The Balaban J connectivity index is 3.50. The SMILES string of the molecule is CCC(=O)NCC(CC)CCN. The van der Waals surface area contributed by atoms with E-state index in [1.54, 1.807) is 0 Å². The molecule has 1 unspecified atom stereocenters. The fourth-order valence-corrected chi connectivity index (χ4v) is 1.07. The highest BCUT2D eigenvalue weighted by Gasteiger charge is 2.05. The van der Waals surface area contributed by atoms with E-state index in [9.17, 15) is 4.79 Å². The van der Waals surface area contributed by atoms with E-state index >= 15 is 0 Å². The summed E-state index contributed by atoms with van der Waals surface area (Å²) < 4.78 is 0. The summed E-state index contributed by atoms with van der Waals surface area (Å²) in [5, 5.41) is 2.87. The largest absolute Gasteiger partial charge is 0.356 e. The second-order valence-electron chi connectivity index (χ2n) is 3.01. The van der Waals surface area contributed by atoms with Crippen LogP contribution in [0.2, 0.25) is 0 Å². The second kappa shape index (κ2) is 7.10. The molecule has 0 aliphatic carbocycles. The predicted molar refractivity (Wildman–Crippen MR) is 50.8 cm³/mol. The molecule has 0 fully saturated rings. The minimum atomic E-state index is 0.130. The Kier molecular flexibility index (Phi) is 6.76. The molecule has 0 aromatic rings. The van der Waals surface area contributed by atoms with Crippen LogP contribution in [0.15, 0.2) is 0 Å². The molecule has 0 saturated heterocycles. The van der Waals surface area contributed by atoms with Gasteiger partial charge < -0.3 is 11.1 Å². The van der Waals surface area contributed by atoms with Crippen LogP contribution in [0.1, 0.15) is 33.1 Å². The molecule has 0 heterocycles. The molecule has 12 heavy (non-hydrogen) atoms. The van der Waals surface area contributed by atoms with Crippen LogP contribution in [0.4, 0.5) is 0 Å². The summed E-state index contributed by atoms with van der Waals surface area (Å²) in [7, 11) is 0. The van der Waals surface area contributed by atoms with Crippen LogP contribution in [0.3, 0.4) is 0 Å². The van der Waals surface area contributed by atoms with E-state index in [-0.39, 0.29) is 5.91 Å². The number of hydrogen-bond donors (Lipinski definition) is 2. The molecule has 0 saturated carbocycles. The number of amides is 1. The third-order valence-electron chi connectivity index (χ3n) is 2.06. The van der Waals surface area contributed by atoms with Crippen molar-refractivity contribution >= 4 is 5.91 Å². The number of carbonyl (C=O) groups is 1. The fraction of sp³-hybridized carbons (Fsp3) is 0.889. The van der Waals surface area contributed by atoms with Gasteiger partial charge in [-0.05, 0) is 18.9 Å². The summed E-state index contributed by atoms with van der Waals surface area (Å²) in [5.41, 5.74) is 5.43. The van der Waals surface area contributed by atoms with Gasteiger partial charge >= 0.3 is 0 Å². The first kappa shape index (κ1) is 11.4. The zero-order valence-electron chi connectivity index (χ0n) is 8.10. The van der Waals surface area contributed by atoms with Crippen LogP contribution in [-0.2, 0) is 4.79 Å². The van der Waals surface area contributed by atoms with Crippen LogP contribution in [-0.4, -0.2) is 19.0 Å². The molecule has 0 aliphatic heterocycles. The Morgan fingerprint density at radius 3 is 2.58 bits per heavy atom. The first-order valence-corrected chi connectivity index (χ1v) is 4.71. The van der Waals surface area contributed by atoms with Gasteiger partial charge in [0.25, 0.3) is 0 Å². The van der Waals surface area contributed by atoms with Gasteiger partial charge in [0, 0.05) is 13.0 Å². The topological polar surface area (TPSA) is 55.1 Å². The van der Waals surface area contributed by atoms with Crippen LogP contribution >= 0.6 is 0 Å². The first-order valence-electron chi connectivity index (χ1n) is 4.71. The van der Waals surface area contributed by atoms with Crippen molar-refractivity contribution in [3.8, 4) is 0 Å². The predicted octanol–water partition coefficient (Wildman–Crippen LogP) is 0.888. The van der Waals surface area contributed by atoms with E-state index in [1.807, 2.05) is 6.92 Å². The van der Waals surface area contributed by atoms with Crippen LogP contribution in [0.5, 0.6) is 0 Å². The van der Waals surface area contributed by atoms with Crippen molar-refractivity contribution in [1.29, 1.82) is 0 Å². The summed E-state index contributed by atoms with van der Waals surface area (Å²) in [6.07, 6.45) is 2.65. The number of carbonyl (C=O) groups excluding carboxylic acids is 1. The first-order chi connectivity index (χ1) is 5.74. The van der Waals surface area contributed by atoms with E-state index in [2.05, 4.69) is 12.2 Å². The Bertz CT molecular complexity index is 126. The molecule has 3 N–H and O–H groups in total. The third-order valence-corrected chi connectivity index (χ3v) is 2.06. The quantitative estimate of drug-likeness (QED) is 0.625. The van der Waals surface area contributed by atoms with Gasteiger partial charge in [-0.25, -0.2) is 0 Å². The van der Waals surface area contributed by atoms with Gasteiger partial charge in [-0.15, -0.1) is 0 Å². The molecule has 1 amide bonds. The van der Waals surface area contributed by atoms with E-state index in [4.69, 9.17) is 5.73 Å². The van der Waals surface area contributed by atoms with E-state index < -0.39 is 0 Å². The fourth-order valence-electron chi connectivity index (χ4n) is 1.07. The molecule has 0 bridgehead atoms. The summed E-state index contributed by atoms with van der Waals surface area (Å²) in [4.78, 5) is 10.9. The highest BCUT2D eigenvalue weighted by atomic mass is 16.1. The average molecular weight is 172 g/mol. The molecule has 0 aromatic carbocycles. The van der Waals surface area contributed by atoms with Gasteiger partial charge in [0.15, 0.2) is 0 Å². The van der Waals surface area contributed by atoms with Crippen LogP contribution in [0.25, 0.3) is 0 Å². The van der Waals surface area contributed by atoms with Crippen molar-refractivity contribution in [3.63, 3.8) is 0 Å². The molecular weight excluding hydrogens is 152 g/mol. The van der Waals surface area contributed by atoms with Gasteiger partial charge in [-0.3, -0.25) is 4.79 Å². The molecule has 0 aromatic heterocycles. The summed E-state index contributed by atoms with van der Waals surface area (Å²) >= 11 is 0. The Hall–Kier alpha value is -0.570. The van der Waals surface area contributed by atoms with Crippen molar-refractivity contribution in [2.24, 2.45) is 11.7 Å². The maximum Gasteiger partial charge on any atom is 0.219 e. The molecule has 0 aliphatic rings. The summed E-state index contributed by atoms with van der Waals surface area (Å²) in [6, 6.07) is 0. The normalized spacial score (nSPS) is 12.6. The Labute approximate surface area is 74.7 Å². The number of hydrogen-bond acceptors (Lipinski definition) is 2. The molecule has 0 rings (SSSR count). The zero-order chi connectivity index (χ0) is 9.40. The van der Waals surface area contributed by atoms with E-state index in [1.165, 1.54) is 0 Å². The lowest BCUT2D eigenvalue weighted by Gasteiger charge is -2.13. The molecule has 0 radical (unpaired) electrons. The Morgan fingerprint density at radius 1 is 1.50 bits per heavy atom. The maximum atomic E-state index is 10.9. The van der Waals surface area contributed by atoms with Crippen molar-refractivity contribution in [1.82, 2.24) is 5.32 Å². The highest BCUT2D eigenvalue weighted by Crippen LogP contribution is 2.04. The Morgan fingerprint density at radius 2 is 2.17 bits per heavy atom. The van der Waals surface area contributed by atoms with Gasteiger partial charge in [-0.1, -0.05) is 20.3 Å². The lowest BCUT2D eigenvalue weighted by atomic mass is 10.0. The minimum Gasteiger partial charge on any atom is -0.356 e. The standard InChI is InChI=1S/C9H20N2O/c1-3-8(5-6-10)7-11-9(12)4-2/h8H,3-7,10H2,1-2H3,(H,11,12). The lowest BCUT2D eigenvalue weighted by Crippen LogP contribution is -2.29. The lowest BCUT2D eigenvalue weighted by molar-refractivity contribution is -0.120. The van der Waals surface area contributed by atoms with Gasteiger partial charge in [0.2, 0.25) is 5.91 Å². The van der Waals surface area contributed by atoms with Gasteiger partial charge in [0.1, 0.15) is 0 Å². The molecule has 0 spiro atoms. The number of rotatable bonds is 6. The summed E-state index contributed by atoms with van der Waals surface area (Å²) in [5.74, 6) is 0.677. The number of nitrogens with two attached hydrogens (primary N) is 1. The maximum absolute atomic E-state index is 10.9. The van der Waals surface area contributed by atoms with E-state index in [0.29, 0.717) is 18.9 Å². The van der Waals surface area contributed by atoms with Gasteiger partial charge in [-0.2, -0.15) is 0 Å². The third kappa shape index (κ3) is 5.13. The van der Waals surface area contributed by atoms with Crippen molar-refractivity contribution in [2.75, 3.05) is 13.1 Å². The zero-order valence-corrected chi connectivity index (χ0v) is 8.10. The molecule has 1 atom stereocenters. The molecule has 3 heteroatoms. The van der Waals surface area contributed by atoms with Crippen molar-refractivity contribution < 1.29 is 4.79 Å². The molecule has 3 nitrogen and oxygen atoms in total. The van der Waals surface area contributed by atoms with Crippen molar-refractivity contribution in [2.45, 2.75) is 33.1 Å². The smallest absolute Gasteiger partial charge is 0.219 e. The van der Waals surface area contributed by atoms with Gasteiger partial charge in [0.05, 0.1) is 0 Å². The van der Waals surface area contributed by atoms with Crippen LogP contribution in [0, 0.1) is 5.92 Å². The van der Waals surface area contributed by atoms with Crippen LogP contribution < -0.4 is 11.1 Å². The van der Waals surface area contributed by atoms with E-state index in [0.717, 1.165) is 19.4 Å². The minimum absolute atomic E-state index is 0.130. The highest BCUT2D eigenvalue weighted by molar-refractivity contribution is 5.75. The average Bonchev–Trinajstić information content (AvgIpc) is 2.11. The van der Waals surface area contributed by atoms with Crippen molar-refractivity contribution in [3.05, 3.63) is 0 Å². The molecule has 72 valence electrons. The molecular formula is C9H20N2O.